The molecule has 1 amide bonds. The molecule has 1 heterocycles. The minimum Gasteiger partial charge on any atom is -0.382 e. The van der Waals surface area contributed by atoms with E-state index in [1.54, 1.807) is 24.3 Å². The molecule has 7 heteroatoms. The van der Waals surface area contributed by atoms with Crippen molar-refractivity contribution in [3.8, 4) is 17.3 Å². The van der Waals surface area contributed by atoms with E-state index >= 15 is 0 Å². The number of nitrogens with one attached hydrogen (secondary N) is 1. The number of benzene rings is 1. The number of para-hydroxylation sites is 1. The fourth-order valence-electron chi connectivity index (χ4n) is 1.79. The zero-order chi connectivity index (χ0) is 14.7. The number of hydrogen-bond acceptors (Lipinski definition) is 6. The summed E-state index contributed by atoms with van der Waals surface area (Å²) in [5.41, 5.74) is 12.7. The van der Waals surface area contributed by atoms with Crippen LogP contribution >= 0.6 is 0 Å². The second-order valence-corrected chi connectivity index (χ2v) is 4.03. The highest BCUT2D eigenvalue weighted by Crippen LogP contribution is 2.31. The molecule has 0 saturated heterocycles. The van der Waals surface area contributed by atoms with E-state index in [2.05, 4.69) is 15.3 Å². The van der Waals surface area contributed by atoms with Gasteiger partial charge in [-0.2, -0.15) is 10.2 Å². The Hall–Kier alpha value is -3.14. The van der Waals surface area contributed by atoms with Gasteiger partial charge >= 0.3 is 0 Å². The molecule has 1 aromatic heterocycles. The van der Waals surface area contributed by atoms with Gasteiger partial charge in [0, 0.05) is 12.5 Å². The highest BCUT2D eigenvalue weighted by atomic mass is 16.1. The molecule has 2 aromatic rings. The Morgan fingerprint density at radius 1 is 1.30 bits per heavy atom. The van der Waals surface area contributed by atoms with E-state index in [0.29, 0.717) is 16.9 Å². The van der Waals surface area contributed by atoms with Crippen molar-refractivity contribution in [1.82, 2.24) is 9.97 Å². The lowest BCUT2D eigenvalue weighted by atomic mass is 10.0. The van der Waals surface area contributed by atoms with Crippen molar-refractivity contribution in [1.29, 1.82) is 5.26 Å². The van der Waals surface area contributed by atoms with E-state index in [-0.39, 0.29) is 23.2 Å². The summed E-state index contributed by atoms with van der Waals surface area (Å²) >= 11 is 0. The van der Waals surface area contributed by atoms with E-state index in [1.807, 2.05) is 6.07 Å². The van der Waals surface area contributed by atoms with Crippen LogP contribution in [0.3, 0.4) is 0 Å². The van der Waals surface area contributed by atoms with Crippen molar-refractivity contribution >= 4 is 23.4 Å². The Morgan fingerprint density at radius 3 is 2.65 bits per heavy atom. The second kappa shape index (κ2) is 5.24. The fraction of sp³-hybridized carbons (Fsp3) is 0.0769. The van der Waals surface area contributed by atoms with Crippen LogP contribution in [0.2, 0.25) is 0 Å². The second-order valence-electron chi connectivity index (χ2n) is 4.03. The number of nitrogen functional groups attached to an aromatic ring is 2. The molecule has 0 spiro atoms. The van der Waals surface area contributed by atoms with Crippen LogP contribution in [0.5, 0.6) is 0 Å². The van der Waals surface area contributed by atoms with E-state index in [4.69, 9.17) is 11.5 Å². The van der Waals surface area contributed by atoms with E-state index in [1.165, 1.54) is 6.92 Å². The summed E-state index contributed by atoms with van der Waals surface area (Å²) < 4.78 is 0. The Bertz CT molecular complexity index is 719. The normalized spacial score (nSPS) is 9.80. The average Bonchev–Trinajstić information content (AvgIpc) is 2.38. The first-order valence-corrected chi connectivity index (χ1v) is 5.73. The SMILES string of the molecule is CC(=O)Nc1ccccc1-c1nc(N)nc(N)c1C#N. The molecule has 20 heavy (non-hydrogen) atoms. The molecule has 7 nitrogen and oxygen atoms in total. The summed E-state index contributed by atoms with van der Waals surface area (Å²) in [6.45, 7) is 1.39. The van der Waals surface area contributed by atoms with Gasteiger partial charge in [0.2, 0.25) is 11.9 Å². The minimum absolute atomic E-state index is 0.00706. The lowest BCUT2D eigenvalue weighted by Gasteiger charge is -2.11. The summed E-state index contributed by atoms with van der Waals surface area (Å²) in [7, 11) is 0. The predicted molar refractivity (Wildman–Crippen MR) is 75.3 cm³/mol. The number of amides is 1. The molecule has 0 aliphatic carbocycles. The van der Waals surface area contributed by atoms with Crippen LogP contribution in [-0.2, 0) is 4.79 Å². The lowest BCUT2D eigenvalue weighted by Crippen LogP contribution is -2.09. The van der Waals surface area contributed by atoms with E-state index in [9.17, 15) is 10.1 Å². The lowest BCUT2D eigenvalue weighted by molar-refractivity contribution is -0.114. The number of rotatable bonds is 2. The van der Waals surface area contributed by atoms with Gasteiger partial charge in [-0.05, 0) is 6.07 Å². The zero-order valence-corrected chi connectivity index (χ0v) is 10.7. The molecule has 0 aliphatic heterocycles. The van der Waals surface area contributed by atoms with Crippen molar-refractivity contribution in [2.45, 2.75) is 6.92 Å². The van der Waals surface area contributed by atoms with Crippen LogP contribution in [-0.4, -0.2) is 15.9 Å². The molecule has 0 radical (unpaired) electrons. The summed E-state index contributed by atoms with van der Waals surface area (Å²) in [5, 5.41) is 11.9. The first kappa shape index (κ1) is 13.3. The summed E-state index contributed by atoms with van der Waals surface area (Å²) in [6, 6.07) is 8.89. The van der Waals surface area contributed by atoms with Crippen LogP contribution in [0, 0.1) is 11.3 Å². The third kappa shape index (κ3) is 2.49. The third-order valence-corrected chi connectivity index (χ3v) is 2.56. The Labute approximate surface area is 115 Å². The first-order valence-electron chi connectivity index (χ1n) is 5.73. The van der Waals surface area contributed by atoms with Gasteiger partial charge in [-0.1, -0.05) is 18.2 Å². The highest BCUT2D eigenvalue weighted by molar-refractivity contribution is 5.94. The largest absolute Gasteiger partial charge is 0.382 e. The highest BCUT2D eigenvalue weighted by Gasteiger charge is 2.16. The maximum absolute atomic E-state index is 11.2. The van der Waals surface area contributed by atoms with Crippen LogP contribution < -0.4 is 16.8 Å². The molecule has 0 bridgehead atoms. The molecule has 2 rings (SSSR count). The molecule has 5 N–H and O–H groups in total. The summed E-state index contributed by atoms with van der Waals surface area (Å²) in [5.74, 6) is -0.257. The minimum atomic E-state index is -0.231. The van der Waals surface area contributed by atoms with Gasteiger partial charge in [-0.15, -0.1) is 0 Å². The first-order chi connectivity index (χ1) is 9.52. The molecule has 0 aliphatic rings. The summed E-state index contributed by atoms with van der Waals surface area (Å²) in [4.78, 5) is 19.0. The van der Waals surface area contributed by atoms with Gasteiger partial charge in [-0.3, -0.25) is 4.79 Å². The fourth-order valence-corrected chi connectivity index (χ4v) is 1.79. The topological polar surface area (TPSA) is 131 Å². The Morgan fingerprint density at radius 2 is 2.00 bits per heavy atom. The van der Waals surface area contributed by atoms with Gasteiger partial charge in [0.1, 0.15) is 17.5 Å². The van der Waals surface area contributed by atoms with E-state index in [0.717, 1.165) is 0 Å². The van der Waals surface area contributed by atoms with Crippen LogP contribution in [0.4, 0.5) is 17.5 Å². The standard InChI is InChI=1S/C13H12N6O/c1-7(20)17-10-5-3-2-4-8(10)11-9(6-14)12(15)19-13(16)18-11/h2-5H,1H3,(H,17,20)(H4,15,16,18,19). The van der Waals surface area contributed by atoms with Crippen LogP contribution in [0.25, 0.3) is 11.3 Å². The number of hydrogen-bond donors (Lipinski definition) is 3. The van der Waals surface area contributed by atoms with Crippen LogP contribution in [0.1, 0.15) is 12.5 Å². The third-order valence-electron chi connectivity index (χ3n) is 2.56. The van der Waals surface area contributed by atoms with Crippen molar-refractivity contribution < 1.29 is 4.79 Å². The quantitative estimate of drug-likeness (QED) is 0.748. The summed E-state index contributed by atoms with van der Waals surface area (Å²) in [6.07, 6.45) is 0. The molecule has 0 fully saturated rings. The number of anilines is 3. The van der Waals surface area contributed by atoms with Crippen molar-refractivity contribution in [3.63, 3.8) is 0 Å². The maximum atomic E-state index is 11.2. The number of aromatic nitrogens is 2. The van der Waals surface area contributed by atoms with Gasteiger partial charge in [0.15, 0.2) is 0 Å². The molecule has 0 saturated carbocycles. The van der Waals surface area contributed by atoms with Crippen LogP contribution in [0.15, 0.2) is 24.3 Å². The predicted octanol–water partition coefficient (Wildman–Crippen LogP) is 1.14. The molecule has 0 atom stereocenters. The van der Waals surface area contributed by atoms with Crippen molar-refractivity contribution in [3.05, 3.63) is 29.8 Å². The van der Waals surface area contributed by atoms with Gasteiger partial charge < -0.3 is 16.8 Å². The van der Waals surface area contributed by atoms with Crippen molar-refractivity contribution in [2.24, 2.45) is 0 Å². The number of nitrogens with two attached hydrogens (primary N) is 2. The number of carbonyl (C=O) groups is 1. The van der Waals surface area contributed by atoms with E-state index < -0.39 is 0 Å². The Kier molecular flexibility index (Phi) is 3.48. The zero-order valence-electron chi connectivity index (χ0n) is 10.7. The molecular weight excluding hydrogens is 256 g/mol. The monoisotopic (exact) mass is 268 g/mol. The maximum Gasteiger partial charge on any atom is 0.222 e. The molecular formula is C13H12N6O. The molecule has 100 valence electrons. The van der Waals surface area contributed by atoms with Gasteiger partial charge in [-0.25, -0.2) is 4.98 Å². The number of nitriles is 1. The van der Waals surface area contributed by atoms with Gasteiger partial charge in [0.25, 0.3) is 0 Å². The average molecular weight is 268 g/mol. The molecule has 1 aromatic carbocycles. The Balaban J connectivity index is 2.69. The number of carbonyl (C=O) groups excluding carboxylic acids is 1. The molecule has 0 unspecified atom stereocenters. The van der Waals surface area contributed by atoms with Gasteiger partial charge in [0.05, 0.1) is 11.4 Å². The number of nitrogens with zero attached hydrogens (tertiary/aromatic N) is 3. The smallest absolute Gasteiger partial charge is 0.222 e. The van der Waals surface area contributed by atoms with Crippen molar-refractivity contribution in [2.75, 3.05) is 16.8 Å².